The van der Waals surface area contributed by atoms with Gasteiger partial charge in [-0.15, -0.1) is 0 Å². The van der Waals surface area contributed by atoms with Crippen molar-refractivity contribution in [3.63, 3.8) is 0 Å². The minimum atomic E-state index is -1.12. The van der Waals surface area contributed by atoms with E-state index in [2.05, 4.69) is 31.9 Å². The zero-order chi connectivity index (χ0) is 25.2. The van der Waals surface area contributed by atoms with Crippen LogP contribution in [0.15, 0.2) is 48.5 Å². The Hall–Kier alpha value is -1.74. The van der Waals surface area contributed by atoms with Crippen LogP contribution in [0.4, 0.5) is 0 Å². The zero-order valence-electron chi connectivity index (χ0n) is 18.4. The zero-order valence-corrected chi connectivity index (χ0v) is 23.1. The lowest BCUT2D eigenvalue weighted by Crippen LogP contribution is -2.56. The van der Waals surface area contributed by atoms with Gasteiger partial charge in [0.1, 0.15) is 6.04 Å². The molecule has 3 aliphatic rings. The van der Waals surface area contributed by atoms with Gasteiger partial charge in [0.25, 0.3) is 17.7 Å². The summed E-state index contributed by atoms with van der Waals surface area (Å²) in [6.07, 6.45) is 0.761. The predicted molar refractivity (Wildman–Crippen MR) is 139 cm³/mol. The number of hydrogen-bond donors (Lipinski definition) is 0. The summed E-state index contributed by atoms with van der Waals surface area (Å²) in [5.41, 5.74) is 0.527. The number of fused-ring (bicyclic) bond motifs is 5. The third kappa shape index (κ3) is 3.97. The van der Waals surface area contributed by atoms with Gasteiger partial charge in [-0.2, -0.15) is 5.01 Å². The Labute approximate surface area is 229 Å². The van der Waals surface area contributed by atoms with Gasteiger partial charge in [-0.1, -0.05) is 55.1 Å². The van der Waals surface area contributed by atoms with Gasteiger partial charge in [0, 0.05) is 30.8 Å². The van der Waals surface area contributed by atoms with Crippen molar-refractivity contribution in [2.45, 2.75) is 29.0 Å². The maximum atomic E-state index is 13.7. The Balaban J connectivity index is 1.55. The number of Topliss-reactive ketones (excluding diaryl/α,β-unsaturated/α-hetero) is 1. The van der Waals surface area contributed by atoms with Crippen LogP contribution in [0.1, 0.15) is 34.1 Å². The lowest BCUT2D eigenvalue weighted by atomic mass is 9.81. The van der Waals surface area contributed by atoms with Crippen LogP contribution in [0.2, 0.25) is 10.0 Å². The standard InChI is InChI=1S/C25H20Br2Cl2N2O4/c1-11(22(32)12-2-6-14(28)7-3-12)30(23(33)13-4-8-15(29)9-5-13)31-24(34)18-16-10-17(19(18)25(31)35)21(27)20(16)26/h2-9,11,16-21H,10H2,1H3/t11-,16-,17-,18-,19-,20+,21+/m1/s1. The first kappa shape index (κ1) is 24.9. The first-order valence-corrected chi connectivity index (χ1v) is 13.7. The molecule has 2 aromatic rings. The van der Waals surface area contributed by atoms with Crippen LogP contribution in [0.3, 0.4) is 0 Å². The minimum Gasteiger partial charge on any atom is -0.292 e. The number of carbonyl (C=O) groups excluding carboxylic acids is 4. The Morgan fingerprint density at radius 2 is 1.29 bits per heavy atom. The van der Waals surface area contributed by atoms with E-state index >= 15 is 0 Å². The monoisotopic (exact) mass is 640 g/mol. The third-order valence-electron chi connectivity index (χ3n) is 7.35. The van der Waals surface area contributed by atoms with E-state index in [1.165, 1.54) is 19.1 Å². The molecule has 3 fully saturated rings. The molecule has 2 aliphatic carbocycles. The molecule has 182 valence electrons. The second-order valence-corrected chi connectivity index (χ2v) is 12.2. The molecule has 2 bridgehead atoms. The Morgan fingerprint density at radius 3 is 1.74 bits per heavy atom. The van der Waals surface area contributed by atoms with E-state index in [-0.39, 0.29) is 27.1 Å². The number of imide groups is 1. The average molecular weight is 643 g/mol. The molecule has 0 N–H and O–H groups in total. The van der Waals surface area contributed by atoms with Gasteiger partial charge >= 0.3 is 0 Å². The molecule has 6 nitrogen and oxygen atoms in total. The smallest absolute Gasteiger partial charge is 0.273 e. The van der Waals surface area contributed by atoms with Crippen LogP contribution >= 0.6 is 55.1 Å². The van der Waals surface area contributed by atoms with E-state index in [1.807, 2.05) is 0 Å². The number of amides is 3. The summed E-state index contributed by atoms with van der Waals surface area (Å²) in [5.74, 6) is -3.01. The molecule has 0 unspecified atom stereocenters. The highest BCUT2D eigenvalue weighted by Gasteiger charge is 2.68. The highest BCUT2D eigenvalue weighted by Crippen LogP contribution is 2.60. The van der Waals surface area contributed by atoms with Crippen molar-refractivity contribution in [3.05, 3.63) is 69.7 Å². The first-order chi connectivity index (χ1) is 16.6. The van der Waals surface area contributed by atoms with Crippen molar-refractivity contribution in [1.82, 2.24) is 10.0 Å². The number of halogens is 4. The van der Waals surface area contributed by atoms with Crippen molar-refractivity contribution in [2.24, 2.45) is 23.7 Å². The van der Waals surface area contributed by atoms with Crippen LogP contribution in [0.25, 0.3) is 0 Å². The molecule has 1 aliphatic heterocycles. The van der Waals surface area contributed by atoms with Gasteiger partial charge in [0.2, 0.25) is 0 Å². The topological polar surface area (TPSA) is 74.8 Å². The van der Waals surface area contributed by atoms with Crippen LogP contribution in [0.5, 0.6) is 0 Å². The van der Waals surface area contributed by atoms with Crippen molar-refractivity contribution in [3.8, 4) is 0 Å². The molecular weight excluding hydrogens is 623 g/mol. The first-order valence-electron chi connectivity index (χ1n) is 11.2. The van der Waals surface area contributed by atoms with E-state index < -0.39 is 41.4 Å². The van der Waals surface area contributed by atoms with E-state index in [4.69, 9.17) is 23.2 Å². The van der Waals surface area contributed by atoms with Crippen molar-refractivity contribution in [1.29, 1.82) is 0 Å². The van der Waals surface area contributed by atoms with Gasteiger partial charge in [0.15, 0.2) is 5.78 Å². The molecule has 0 radical (unpaired) electrons. The molecule has 5 rings (SSSR count). The summed E-state index contributed by atoms with van der Waals surface area (Å²) in [6.45, 7) is 1.52. The maximum Gasteiger partial charge on any atom is 0.273 e. The molecular formula is C25H20Br2Cl2N2O4. The summed E-state index contributed by atoms with van der Waals surface area (Å²) in [5, 5.41) is 2.85. The summed E-state index contributed by atoms with van der Waals surface area (Å²) in [6, 6.07) is 11.3. The lowest BCUT2D eigenvalue weighted by molar-refractivity contribution is -0.157. The fraction of sp³-hybridized carbons (Fsp3) is 0.360. The van der Waals surface area contributed by atoms with Crippen LogP contribution in [-0.4, -0.2) is 49.2 Å². The predicted octanol–water partition coefficient (Wildman–Crippen LogP) is 5.40. The van der Waals surface area contributed by atoms with Crippen LogP contribution in [0, 0.1) is 23.7 Å². The number of nitrogens with zero attached hydrogens (tertiary/aromatic N) is 2. The van der Waals surface area contributed by atoms with Gasteiger partial charge in [-0.05, 0) is 73.7 Å². The largest absolute Gasteiger partial charge is 0.292 e. The van der Waals surface area contributed by atoms with Crippen LogP contribution < -0.4 is 0 Å². The quantitative estimate of drug-likeness (QED) is 0.249. The molecule has 2 saturated carbocycles. The van der Waals surface area contributed by atoms with Crippen LogP contribution in [-0.2, 0) is 9.59 Å². The summed E-state index contributed by atoms with van der Waals surface area (Å²) in [7, 11) is 0. The Morgan fingerprint density at radius 1 is 0.857 bits per heavy atom. The summed E-state index contributed by atoms with van der Waals surface area (Å²) in [4.78, 5) is 54.7. The fourth-order valence-electron chi connectivity index (χ4n) is 5.68. The highest BCUT2D eigenvalue weighted by atomic mass is 79.9. The maximum absolute atomic E-state index is 13.7. The van der Waals surface area contributed by atoms with E-state index in [1.54, 1.807) is 36.4 Å². The number of rotatable bonds is 5. The lowest BCUT2D eigenvalue weighted by Gasteiger charge is -2.35. The number of alkyl halides is 2. The van der Waals surface area contributed by atoms with E-state index in [9.17, 15) is 19.2 Å². The molecule has 7 atom stereocenters. The van der Waals surface area contributed by atoms with Crippen molar-refractivity contribution >= 4 is 78.6 Å². The van der Waals surface area contributed by atoms with Crippen molar-refractivity contribution < 1.29 is 19.2 Å². The number of carbonyl (C=O) groups is 4. The molecule has 10 heteroatoms. The average Bonchev–Trinajstić information content (AvgIpc) is 3.45. The molecule has 2 aromatic carbocycles. The SMILES string of the molecule is C[C@H](C(=O)c1ccc(Cl)cc1)N(C(=O)c1ccc(Cl)cc1)N1C(=O)[C@@H]2[C@H]3C[C@@H]([C@H](Br)[C@H]3Br)[C@H]2C1=O. The number of ketones is 1. The van der Waals surface area contributed by atoms with Gasteiger partial charge in [-0.25, -0.2) is 5.01 Å². The fourth-order valence-corrected chi connectivity index (χ4v) is 7.80. The minimum absolute atomic E-state index is 0.0226. The second-order valence-electron chi connectivity index (χ2n) is 9.20. The normalized spacial score (nSPS) is 29.9. The van der Waals surface area contributed by atoms with Gasteiger partial charge in [0.05, 0.1) is 11.8 Å². The molecule has 0 spiro atoms. The third-order valence-corrected chi connectivity index (χ3v) is 11.1. The highest BCUT2D eigenvalue weighted by molar-refractivity contribution is 9.12. The Bertz CT molecular complexity index is 1190. The molecule has 0 aromatic heterocycles. The van der Waals surface area contributed by atoms with E-state index in [0.29, 0.717) is 15.6 Å². The Kier molecular flexibility index (Phi) is 6.62. The molecule has 35 heavy (non-hydrogen) atoms. The van der Waals surface area contributed by atoms with Gasteiger partial charge in [-0.3, -0.25) is 19.2 Å². The second kappa shape index (κ2) is 9.29. The summed E-state index contributed by atoms with van der Waals surface area (Å²) >= 11 is 19.3. The number of hydrogen-bond acceptors (Lipinski definition) is 4. The molecule has 1 heterocycles. The van der Waals surface area contributed by atoms with E-state index in [0.717, 1.165) is 16.4 Å². The van der Waals surface area contributed by atoms with Crippen molar-refractivity contribution in [2.75, 3.05) is 0 Å². The number of hydrazine groups is 1. The molecule has 1 saturated heterocycles. The number of benzene rings is 2. The molecule has 3 amide bonds. The van der Waals surface area contributed by atoms with Gasteiger partial charge < -0.3 is 0 Å². The summed E-state index contributed by atoms with van der Waals surface area (Å²) < 4.78 is 0.